The van der Waals surface area contributed by atoms with Gasteiger partial charge in [-0.25, -0.2) is 0 Å². The normalized spacial score (nSPS) is 11.5. The standard InChI is InChI=1S/C21H26N2.Ni/c1-4-9-18-13-14-21(15-19(18)10-5-2)23-17(3)16-22-20-11-7-6-8-12-20;/h6-8,11-16H,4-5,9-10H2,1-3H3;/b22-16+,23-17+;. The molecule has 0 spiro atoms. The van der Waals surface area contributed by atoms with E-state index >= 15 is 0 Å². The van der Waals surface area contributed by atoms with Gasteiger partial charge in [-0.05, 0) is 55.2 Å². The summed E-state index contributed by atoms with van der Waals surface area (Å²) in [7, 11) is 0. The predicted molar refractivity (Wildman–Crippen MR) is 102 cm³/mol. The van der Waals surface area contributed by atoms with Gasteiger partial charge in [-0.15, -0.1) is 0 Å². The van der Waals surface area contributed by atoms with Gasteiger partial charge in [-0.3, -0.25) is 9.98 Å². The fraction of sp³-hybridized carbons (Fsp3) is 0.333. The fourth-order valence-electron chi connectivity index (χ4n) is 2.61. The van der Waals surface area contributed by atoms with Crippen LogP contribution in [0.1, 0.15) is 44.7 Å². The van der Waals surface area contributed by atoms with Gasteiger partial charge in [0.05, 0.1) is 17.1 Å². The van der Waals surface area contributed by atoms with Crippen molar-refractivity contribution < 1.29 is 16.5 Å². The molecule has 0 amide bonds. The van der Waals surface area contributed by atoms with E-state index in [1.807, 2.05) is 43.5 Å². The predicted octanol–water partition coefficient (Wildman–Crippen LogP) is 6.08. The molecule has 0 saturated heterocycles. The second-order valence-electron chi connectivity index (χ2n) is 5.80. The Balaban J connectivity index is 0.00000288. The maximum atomic E-state index is 4.69. The van der Waals surface area contributed by atoms with Crippen LogP contribution in [0.5, 0.6) is 0 Å². The van der Waals surface area contributed by atoms with E-state index < -0.39 is 0 Å². The molecule has 24 heavy (non-hydrogen) atoms. The number of hydrogen-bond acceptors (Lipinski definition) is 2. The average Bonchev–Trinajstić information content (AvgIpc) is 2.57. The third-order valence-electron chi connectivity index (χ3n) is 3.69. The van der Waals surface area contributed by atoms with Gasteiger partial charge in [0.1, 0.15) is 0 Å². The van der Waals surface area contributed by atoms with Crippen LogP contribution in [-0.2, 0) is 29.3 Å². The Kier molecular flexibility index (Phi) is 9.26. The van der Waals surface area contributed by atoms with E-state index in [1.165, 1.54) is 24.0 Å². The number of aryl methyl sites for hydroxylation is 2. The first-order valence-electron chi connectivity index (χ1n) is 8.49. The molecule has 3 heteroatoms. The summed E-state index contributed by atoms with van der Waals surface area (Å²) in [6.07, 6.45) is 6.44. The van der Waals surface area contributed by atoms with Crippen molar-refractivity contribution in [3.8, 4) is 0 Å². The summed E-state index contributed by atoms with van der Waals surface area (Å²) in [5, 5.41) is 0. The van der Waals surface area contributed by atoms with Crippen LogP contribution in [-0.4, -0.2) is 11.9 Å². The molecule has 0 unspecified atom stereocenters. The van der Waals surface area contributed by atoms with Gasteiger partial charge in [0, 0.05) is 22.7 Å². The molecule has 2 aromatic rings. The van der Waals surface area contributed by atoms with Crippen LogP contribution in [0.25, 0.3) is 0 Å². The third-order valence-corrected chi connectivity index (χ3v) is 3.69. The van der Waals surface area contributed by atoms with Gasteiger partial charge in [0.25, 0.3) is 0 Å². The van der Waals surface area contributed by atoms with Crippen LogP contribution >= 0.6 is 0 Å². The molecule has 2 aromatic carbocycles. The summed E-state index contributed by atoms with van der Waals surface area (Å²) >= 11 is 0. The van der Waals surface area contributed by atoms with Gasteiger partial charge in [0.2, 0.25) is 0 Å². The van der Waals surface area contributed by atoms with Crippen molar-refractivity contribution in [3.05, 3.63) is 59.7 Å². The molecule has 0 aliphatic heterocycles. The zero-order valence-electron chi connectivity index (χ0n) is 14.7. The molecule has 0 aliphatic rings. The first kappa shape index (κ1) is 20.3. The zero-order chi connectivity index (χ0) is 16.5. The minimum absolute atomic E-state index is 0. The number of aliphatic imine (C=N–C) groups is 2. The molecule has 0 radical (unpaired) electrons. The first-order chi connectivity index (χ1) is 11.2. The zero-order valence-corrected chi connectivity index (χ0v) is 15.7. The Labute approximate surface area is 156 Å². The van der Waals surface area contributed by atoms with Crippen molar-refractivity contribution in [1.82, 2.24) is 0 Å². The molecular weight excluding hydrogens is 339 g/mol. The molecule has 2 rings (SSSR count). The molecular formula is C21H26N2Ni. The molecule has 0 saturated carbocycles. The topological polar surface area (TPSA) is 24.7 Å². The number of hydrogen-bond donors (Lipinski definition) is 0. The summed E-state index contributed by atoms with van der Waals surface area (Å²) < 4.78 is 0. The number of rotatable bonds is 7. The minimum atomic E-state index is 0. The van der Waals surface area contributed by atoms with E-state index in [9.17, 15) is 0 Å². The second kappa shape index (κ2) is 10.9. The summed E-state index contributed by atoms with van der Waals surface area (Å²) in [4.78, 5) is 9.14. The van der Waals surface area contributed by atoms with E-state index in [1.54, 1.807) is 0 Å². The fourth-order valence-corrected chi connectivity index (χ4v) is 2.61. The molecule has 2 nitrogen and oxygen atoms in total. The van der Waals surface area contributed by atoms with Crippen LogP contribution in [0.2, 0.25) is 0 Å². The van der Waals surface area contributed by atoms with Crippen LogP contribution < -0.4 is 0 Å². The smallest absolute Gasteiger partial charge is 0.0636 e. The van der Waals surface area contributed by atoms with Crippen LogP contribution in [0.4, 0.5) is 11.4 Å². The van der Waals surface area contributed by atoms with Crippen molar-refractivity contribution in [3.63, 3.8) is 0 Å². The first-order valence-corrected chi connectivity index (χ1v) is 8.49. The quantitative estimate of drug-likeness (QED) is 0.419. The van der Waals surface area contributed by atoms with Crippen molar-refractivity contribution in [2.45, 2.75) is 46.5 Å². The Bertz CT molecular complexity index is 675. The van der Waals surface area contributed by atoms with Crippen LogP contribution in [0.15, 0.2) is 58.5 Å². The van der Waals surface area contributed by atoms with Crippen molar-refractivity contribution in [1.29, 1.82) is 0 Å². The van der Waals surface area contributed by atoms with Crippen molar-refractivity contribution >= 4 is 23.3 Å². The number of nitrogens with zero attached hydrogens (tertiary/aromatic N) is 2. The monoisotopic (exact) mass is 364 g/mol. The summed E-state index contributed by atoms with van der Waals surface area (Å²) in [6, 6.07) is 16.5. The summed E-state index contributed by atoms with van der Waals surface area (Å²) in [5.41, 5.74) is 5.78. The van der Waals surface area contributed by atoms with Gasteiger partial charge in [-0.2, -0.15) is 0 Å². The molecule has 130 valence electrons. The molecule has 0 atom stereocenters. The largest absolute Gasteiger partial charge is 0.255 e. The van der Waals surface area contributed by atoms with E-state index in [-0.39, 0.29) is 16.5 Å². The molecule has 0 fully saturated rings. The van der Waals surface area contributed by atoms with Crippen LogP contribution in [0, 0.1) is 0 Å². The van der Waals surface area contributed by atoms with Crippen LogP contribution in [0.3, 0.4) is 0 Å². The molecule has 0 heterocycles. The summed E-state index contributed by atoms with van der Waals surface area (Å²) in [5.74, 6) is 0. The Morgan fingerprint density at radius 3 is 2.21 bits per heavy atom. The van der Waals surface area contributed by atoms with E-state index in [2.05, 4.69) is 42.0 Å². The number of para-hydroxylation sites is 1. The van der Waals surface area contributed by atoms with Gasteiger partial charge < -0.3 is 0 Å². The third kappa shape index (κ3) is 6.41. The van der Waals surface area contributed by atoms with Gasteiger partial charge >= 0.3 is 0 Å². The molecule has 0 aromatic heterocycles. The van der Waals surface area contributed by atoms with Gasteiger partial charge in [-0.1, -0.05) is 51.0 Å². The Morgan fingerprint density at radius 2 is 1.54 bits per heavy atom. The molecule has 0 N–H and O–H groups in total. The maximum Gasteiger partial charge on any atom is 0.0636 e. The average molecular weight is 365 g/mol. The maximum absolute atomic E-state index is 4.69. The minimum Gasteiger partial charge on any atom is -0.255 e. The van der Waals surface area contributed by atoms with E-state index in [0.29, 0.717) is 0 Å². The Hall–Kier alpha value is -1.73. The van der Waals surface area contributed by atoms with Crippen molar-refractivity contribution in [2.24, 2.45) is 9.98 Å². The van der Waals surface area contributed by atoms with Crippen molar-refractivity contribution in [2.75, 3.05) is 0 Å². The summed E-state index contributed by atoms with van der Waals surface area (Å²) in [6.45, 7) is 6.45. The molecule has 0 bridgehead atoms. The van der Waals surface area contributed by atoms with E-state index in [4.69, 9.17) is 0 Å². The SMILES string of the molecule is CCCc1ccc(/N=C(C)/C=N/c2ccccc2)cc1CCC.[Ni]. The second-order valence-corrected chi connectivity index (χ2v) is 5.80. The van der Waals surface area contributed by atoms with E-state index in [0.717, 1.165) is 29.9 Å². The van der Waals surface area contributed by atoms with Gasteiger partial charge in [0.15, 0.2) is 0 Å². The Morgan fingerprint density at radius 1 is 0.875 bits per heavy atom. The number of benzene rings is 2. The molecule has 0 aliphatic carbocycles.